The molecular formula is C13H8N2O2S. The minimum atomic E-state index is -0.393. The summed E-state index contributed by atoms with van der Waals surface area (Å²) in [5.41, 5.74) is 1.08. The predicted molar refractivity (Wildman–Crippen MR) is 71.7 cm³/mol. The topological polar surface area (TPSA) is 56.0 Å². The van der Waals surface area contributed by atoms with Crippen LogP contribution in [0.1, 0.15) is 0 Å². The Kier molecular flexibility index (Phi) is 2.53. The highest BCUT2D eigenvalue weighted by Gasteiger charge is 2.08. The first-order valence-electron chi connectivity index (χ1n) is 5.33. The van der Waals surface area contributed by atoms with E-state index in [-0.39, 0.29) is 5.69 Å². The van der Waals surface area contributed by atoms with Crippen molar-refractivity contribution < 1.29 is 4.92 Å². The van der Waals surface area contributed by atoms with Crippen LogP contribution in [0.5, 0.6) is 0 Å². The number of non-ortho nitro benzene ring substituents is 1. The second-order valence-corrected chi connectivity index (χ2v) is 4.84. The highest BCUT2D eigenvalue weighted by atomic mass is 32.1. The number of rotatable bonds is 2. The van der Waals surface area contributed by atoms with Crippen molar-refractivity contribution in [2.24, 2.45) is 0 Å². The fourth-order valence-corrected chi connectivity index (χ4v) is 2.77. The normalized spacial score (nSPS) is 10.7. The number of aromatic nitrogens is 1. The van der Waals surface area contributed by atoms with Gasteiger partial charge in [0.25, 0.3) is 5.69 Å². The molecule has 0 atom stereocenters. The first-order chi connectivity index (χ1) is 8.74. The van der Waals surface area contributed by atoms with E-state index in [9.17, 15) is 10.1 Å². The van der Waals surface area contributed by atoms with Gasteiger partial charge in [0.1, 0.15) is 4.83 Å². The lowest BCUT2D eigenvalue weighted by Gasteiger charge is -1.95. The molecule has 5 heteroatoms. The molecule has 0 amide bonds. The summed E-state index contributed by atoms with van der Waals surface area (Å²) in [5.74, 6) is 0. The van der Waals surface area contributed by atoms with Crippen LogP contribution in [-0.4, -0.2) is 9.91 Å². The van der Waals surface area contributed by atoms with Crippen molar-refractivity contribution in [1.29, 1.82) is 0 Å². The van der Waals surface area contributed by atoms with E-state index in [2.05, 4.69) is 4.98 Å². The van der Waals surface area contributed by atoms with Crippen molar-refractivity contribution in [2.45, 2.75) is 0 Å². The molecule has 2 heterocycles. The second kappa shape index (κ2) is 4.19. The third-order valence-electron chi connectivity index (χ3n) is 2.66. The van der Waals surface area contributed by atoms with Crippen LogP contribution in [0.25, 0.3) is 20.7 Å². The molecule has 1 aromatic carbocycles. The Morgan fingerprint density at radius 3 is 2.61 bits per heavy atom. The highest BCUT2D eigenvalue weighted by Crippen LogP contribution is 2.32. The number of nitrogens with zero attached hydrogens (tertiary/aromatic N) is 2. The molecule has 0 saturated carbocycles. The molecule has 0 radical (unpaired) electrons. The molecule has 0 unspecified atom stereocenters. The zero-order valence-corrected chi connectivity index (χ0v) is 10.1. The summed E-state index contributed by atoms with van der Waals surface area (Å²) >= 11 is 1.58. The number of nitro benzene ring substituents is 1. The maximum atomic E-state index is 10.6. The van der Waals surface area contributed by atoms with Crippen LogP contribution >= 0.6 is 11.3 Å². The van der Waals surface area contributed by atoms with Crippen LogP contribution < -0.4 is 0 Å². The molecule has 3 rings (SSSR count). The van der Waals surface area contributed by atoms with Gasteiger partial charge in [-0.25, -0.2) is 4.98 Å². The maximum Gasteiger partial charge on any atom is 0.269 e. The van der Waals surface area contributed by atoms with E-state index in [1.807, 2.05) is 18.2 Å². The van der Waals surface area contributed by atoms with Gasteiger partial charge in [-0.15, -0.1) is 11.3 Å². The quantitative estimate of drug-likeness (QED) is 0.516. The Morgan fingerprint density at radius 1 is 1.17 bits per heavy atom. The van der Waals surface area contributed by atoms with Crippen LogP contribution in [-0.2, 0) is 0 Å². The average molecular weight is 256 g/mol. The molecule has 0 aliphatic rings. The lowest BCUT2D eigenvalue weighted by molar-refractivity contribution is -0.384. The number of pyridine rings is 1. The van der Waals surface area contributed by atoms with Crippen molar-refractivity contribution in [2.75, 3.05) is 0 Å². The fourth-order valence-electron chi connectivity index (χ4n) is 1.76. The highest BCUT2D eigenvalue weighted by molar-refractivity contribution is 7.21. The van der Waals surface area contributed by atoms with Gasteiger partial charge in [-0.3, -0.25) is 10.1 Å². The molecule has 88 valence electrons. The third kappa shape index (κ3) is 1.84. The van der Waals surface area contributed by atoms with E-state index < -0.39 is 4.92 Å². The monoisotopic (exact) mass is 256 g/mol. The Hall–Kier alpha value is -2.27. The Morgan fingerprint density at radius 2 is 1.94 bits per heavy atom. The SMILES string of the molecule is O=[N+]([O-])c1ccc(-c2cc3cccnc3s2)cc1. The fraction of sp³-hybridized carbons (Fsp3) is 0. The van der Waals surface area contributed by atoms with Gasteiger partial charge < -0.3 is 0 Å². The van der Waals surface area contributed by atoms with Gasteiger partial charge in [0.2, 0.25) is 0 Å². The first kappa shape index (κ1) is 10.9. The number of fused-ring (bicyclic) bond motifs is 1. The second-order valence-electron chi connectivity index (χ2n) is 3.81. The van der Waals surface area contributed by atoms with Crippen molar-refractivity contribution in [3.8, 4) is 10.4 Å². The molecule has 3 aromatic rings. The zero-order chi connectivity index (χ0) is 12.5. The van der Waals surface area contributed by atoms with Crippen molar-refractivity contribution >= 4 is 27.2 Å². The number of hydrogen-bond acceptors (Lipinski definition) is 4. The van der Waals surface area contributed by atoms with Crippen LogP contribution in [0, 0.1) is 10.1 Å². The van der Waals surface area contributed by atoms with Gasteiger partial charge >= 0.3 is 0 Å². The van der Waals surface area contributed by atoms with Crippen molar-refractivity contribution in [3.05, 3.63) is 58.8 Å². The van der Waals surface area contributed by atoms with Gasteiger partial charge in [-0.2, -0.15) is 0 Å². The van der Waals surface area contributed by atoms with E-state index in [0.29, 0.717) is 0 Å². The molecule has 0 spiro atoms. The van der Waals surface area contributed by atoms with Gasteiger partial charge in [-0.1, -0.05) is 6.07 Å². The molecular weight excluding hydrogens is 248 g/mol. The van der Waals surface area contributed by atoms with Gasteiger partial charge in [-0.05, 0) is 29.8 Å². The molecule has 4 nitrogen and oxygen atoms in total. The van der Waals surface area contributed by atoms with Crippen LogP contribution in [0.3, 0.4) is 0 Å². The minimum absolute atomic E-state index is 0.109. The predicted octanol–water partition coefficient (Wildman–Crippen LogP) is 3.87. The van der Waals surface area contributed by atoms with E-state index >= 15 is 0 Å². The van der Waals surface area contributed by atoms with Crippen LogP contribution in [0.4, 0.5) is 5.69 Å². The van der Waals surface area contributed by atoms with Crippen LogP contribution in [0.2, 0.25) is 0 Å². The lowest BCUT2D eigenvalue weighted by Crippen LogP contribution is -1.86. The van der Waals surface area contributed by atoms with Crippen molar-refractivity contribution in [3.63, 3.8) is 0 Å². The summed E-state index contributed by atoms with van der Waals surface area (Å²) in [6.07, 6.45) is 1.76. The standard InChI is InChI=1S/C13H8N2O2S/c16-15(17)11-5-3-9(4-6-11)12-8-10-2-1-7-14-13(10)18-12/h1-8H. The molecule has 18 heavy (non-hydrogen) atoms. The van der Waals surface area contributed by atoms with Crippen molar-refractivity contribution in [1.82, 2.24) is 4.98 Å². The lowest BCUT2D eigenvalue weighted by atomic mass is 10.1. The van der Waals surface area contributed by atoms with Gasteiger partial charge in [0.15, 0.2) is 0 Å². The number of nitro groups is 1. The van der Waals surface area contributed by atoms with E-state index in [0.717, 1.165) is 20.7 Å². The molecule has 0 aliphatic heterocycles. The Bertz CT molecular complexity index is 686. The smallest absolute Gasteiger partial charge is 0.258 e. The first-order valence-corrected chi connectivity index (χ1v) is 6.15. The summed E-state index contributed by atoms with van der Waals surface area (Å²) in [7, 11) is 0. The van der Waals surface area contributed by atoms with E-state index in [4.69, 9.17) is 0 Å². The summed E-state index contributed by atoms with van der Waals surface area (Å²) in [4.78, 5) is 16.5. The summed E-state index contributed by atoms with van der Waals surface area (Å²) in [5, 5.41) is 11.7. The molecule has 0 N–H and O–H groups in total. The van der Waals surface area contributed by atoms with Gasteiger partial charge in [0, 0.05) is 28.6 Å². The number of benzene rings is 1. The molecule has 2 aromatic heterocycles. The van der Waals surface area contributed by atoms with E-state index in [1.165, 1.54) is 12.1 Å². The molecule has 0 bridgehead atoms. The Balaban J connectivity index is 2.06. The third-order valence-corrected chi connectivity index (χ3v) is 3.76. The summed E-state index contributed by atoms with van der Waals surface area (Å²) in [6, 6.07) is 12.5. The molecule has 0 saturated heterocycles. The Labute approximate surface area is 107 Å². The molecule has 0 aliphatic carbocycles. The number of hydrogen-bond donors (Lipinski definition) is 0. The van der Waals surface area contributed by atoms with Gasteiger partial charge in [0.05, 0.1) is 4.92 Å². The largest absolute Gasteiger partial charge is 0.269 e. The van der Waals surface area contributed by atoms with E-state index in [1.54, 1.807) is 29.7 Å². The van der Waals surface area contributed by atoms with Crippen LogP contribution in [0.15, 0.2) is 48.7 Å². The average Bonchev–Trinajstić information content (AvgIpc) is 2.82. The molecule has 0 fully saturated rings. The maximum absolute atomic E-state index is 10.6. The zero-order valence-electron chi connectivity index (χ0n) is 9.24. The minimum Gasteiger partial charge on any atom is -0.258 e. The number of thiophene rings is 1. The summed E-state index contributed by atoms with van der Waals surface area (Å²) in [6.45, 7) is 0. The summed E-state index contributed by atoms with van der Waals surface area (Å²) < 4.78 is 0.